The van der Waals surface area contributed by atoms with E-state index in [9.17, 15) is 8.78 Å². The molecule has 2 N–H and O–H groups in total. The van der Waals surface area contributed by atoms with Crippen LogP contribution in [0.25, 0.3) is 6.08 Å². The molecule has 1 aromatic carbocycles. The molecule has 0 aliphatic carbocycles. The summed E-state index contributed by atoms with van der Waals surface area (Å²) in [7, 11) is 0. The fourth-order valence-corrected chi connectivity index (χ4v) is 1.05. The average molecular weight is 204 g/mol. The fraction of sp³-hybridized carbons (Fsp3) is 0.111. The lowest BCUT2D eigenvalue weighted by Gasteiger charge is -2.00. The third kappa shape index (κ3) is 2.26. The lowest BCUT2D eigenvalue weighted by molar-refractivity contribution is 0.579. The monoisotopic (exact) mass is 203 g/mol. The Morgan fingerprint density at radius 3 is 2.69 bits per heavy atom. The summed E-state index contributed by atoms with van der Waals surface area (Å²) in [6.45, 7) is 0.228. The quantitative estimate of drug-likeness (QED) is 0.735. The first kappa shape index (κ1) is 10.2. The zero-order chi connectivity index (χ0) is 9.84. The molecule has 70 valence electrons. The van der Waals surface area contributed by atoms with Gasteiger partial charge in [-0.3, -0.25) is 0 Å². The van der Waals surface area contributed by atoms with E-state index in [1.165, 1.54) is 18.2 Å². The molecule has 0 aromatic heterocycles. The lowest BCUT2D eigenvalue weighted by atomic mass is 10.2. The Bertz CT molecular complexity index is 337. The van der Waals surface area contributed by atoms with E-state index in [0.29, 0.717) is 0 Å². The highest BCUT2D eigenvalue weighted by molar-refractivity contribution is 6.30. The van der Waals surface area contributed by atoms with Crippen LogP contribution in [-0.4, -0.2) is 6.54 Å². The van der Waals surface area contributed by atoms with Crippen LogP contribution < -0.4 is 5.73 Å². The van der Waals surface area contributed by atoms with Crippen LogP contribution >= 0.6 is 11.6 Å². The van der Waals surface area contributed by atoms with Crippen LogP contribution in [0, 0.1) is 11.6 Å². The Hall–Kier alpha value is -0.930. The van der Waals surface area contributed by atoms with Crippen LogP contribution in [0.15, 0.2) is 18.2 Å². The van der Waals surface area contributed by atoms with Gasteiger partial charge in [0.15, 0.2) is 5.82 Å². The van der Waals surface area contributed by atoms with Gasteiger partial charge in [-0.25, -0.2) is 8.78 Å². The summed E-state index contributed by atoms with van der Waals surface area (Å²) < 4.78 is 26.1. The minimum Gasteiger partial charge on any atom is -0.327 e. The Labute approximate surface area is 79.8 Å². The summed E-state index contributed by atoms with van der Waals surface area (Å²) in [5.41, 5.74) is 5.00. The SMILES string of the molecule is NC/C=C/c1c(F)ccc(Cl)c1F. The van der Waals surface area contributed by atoms with Gasteiger partial charge in [-0.1, -0.05) is 23.8 Å². The Morgan fingerprint density at radius 2 is 2.08 bits per heavy atom. The number of hydrogen-bond acceptors (Lipinski definition) is 1. The first-order chi connectivity index (χ1) is 6.16. The molecule has 0 aliphatic rings. The van der Waals surface area contributed by atoms with Gasteiger partial charge in [-0.15, -0.1) is 0 Å². The summed E-state index contributed by atoms with van der Waals surface area (Å²) in [5, 5.41) is -0.0990. The van der Waals surface area contributed by atoms with Gasteiger partial charge in [0, 0.05) is 12.1 Å². The van der Waals surface area contributed by atoms with Crippen molar-refractivity contribution in [3.8, 4) is 0 Å². The highest BCUT2D eigenvalue weighted by Gasteiger charge is 2.08. The first-order valence-corrected chi connectivity index (χ1v) is 4.04. The summed E-state index contributed by atoms with van der Waals surface area (Å²) >= 11 is 5.46. The molecule has 0 atom stereocenters. The van der Waals surface area contributed by atoms with E-state index in [2.05, 4.69) is 0 Å². The second-order valence-corrected chi connectivity index (χ2v) is 2.80. The van der Waals surface area contributed by atoms with Crippen molar-refractivity contribution in [2.24, 2.45) is 5.73 Å². The van der Waals surface area contributed by atoms with Crippen molar-refractivity contribution in [3.63, 3.8) is 0 Å². The van der Waals surface area contributed by atoms with Crippen LogP contribution in [0.2, 0.25) is 5.02 Å². The van der Waals surface area contributed by atoms with Crippen molar-refractivity contribution in [1.29, 1.82) is 0 Å². The predicted molar refractivity (Wildman–Crippen MR) is 49.5 cm³/mol. The molecule has 0 saturated carbocycles. The number of rotatable bonds is 2. The third-order valence-corrected chi connectivity index (χ3v) is 1.79. The van der Waals surface area contributed by atoms with Crippen molar-refractivity contribution in [2.45, 2.75) is 0 Å². The van der Waals surface area contributed by atoms with E-state index in [0.717, 1.165) is 6.07 Å². The maximum absolute atomic E-state index is 13.1. The first-order valence-electron chi connectivity index (χ1n) is 3.67. The van der Waals surface area contributed by atoms with E-state index in [1.54, 1.807) is 0 Å². The molecular formula is C9H8ClF2N. The highest BCUT2D eigenvalue weighted by atomic mass is 35.5. The van der Waals surface area contributed by atoms with Gasteiger partial charge in [0.1, 0.15) is 5.82 Å². The third-order valence-electron chi connectivity index (χ3n) is 1.50. The molecule has 0 heterocycles. The zero-order valence-electron chi connectivity index (χ0n) is 6.73. The van der Waals surface area contributed by atoms with Crippen molar-refractivity contribution in [2.75, 3.05) is 6.54 Å². The highest BCUT2D eigenvalue weighted by Crippen LogP contribution is 2.21. The molecule has 1 aromatic rings. The zero-order valence-corrected chi connectivity index (χ0v) is 7.48. The number of hydrogen-bond donors (Lipinski definition) is 1. The summed E-state index contributed by atoms with van der Waals surface area (Å²) in [6.07, 6.45) is 2.73. The number of halogens is 3. The van der Waals surface area contributed by atoms with E-state index in [1.807, 2.05) is 0 Å². The van der Waals surface area contributed by atoms with E-state index < -0.39 is 11.6 Å². The van der Waals surface area contributed by atoms with Gasteiger partial charge in [0.2, 0.25) is 0 Å². The largest absolute Gasteiger partial charge is 0.327 e. The van der Waals surface area contributed by atoms with Crippen molar-refractivity contribution < 1.29 is 8.78 Å². The molecule has 1 rings (SSSR count). The summed E-state index contributed by atoms with van der Waals surface area (Å²) in [4.78, 5) is 0. The normalized spacial score (nSPS) is 11.1. The number of nitrogens with two attached hydrogens (primary N) is 1. The molecule has 0 spiro atoms. The second-order valence-electron chi connectivity index (χ2n) is 2.39. The lowest BCUT2D eigenvalue weighted by Crippen LogP contribution is -1.94. The van der Waals surface area contributed by atoms with Crippen LogP contribution in [0.3, 0.4) is 0 Å². The standard InChI is InChI=1S/C9H8ClF2N/c10-7-3-4-8(11)6(9(7)12)2-1-5-13/h1-4H,5,13H2/b2-1+. The maximum Gasteiger partial charge on any atom is 0.151 e. The van der Waals surface area contributed by atoms with Crippen molar-refractivity contribution in [1.82, 2.24) is 0 Å². The van der Waals surface area contributed by atoms with Gasteiger partial charge in [-0.2, -0.15) is 0 Å². The van der Waals surface area contributed by atoms with Crippen LogP contribution in [0.1, 0.15) is 5.56 Å². The molecule has 0 aliphatic heterocycles. The minimum absolute atomic E-state index is 0.0990. The van der Waals surface area contributed by atoms with E-state index in [4.69, 9.17) is 17.3 Å². The molecule has 0 fully saturated rings. The molecule has 0 saturated heterocycles. The van der Waals surface area contributed by atoms with Gasteiger partial charge >= 0.3 is 0 Å². The predicted octanol–water partition coefficient (Wildman–Crippen LogP) is 2.59. The Kier molecular flexibility index (Phi) is 3.39. The number of benzene rings is 1. The smallest absolute Gasteiger partial charge is 0.151 e. The van der Waals surface area contributed by atoms with Gasteiger partial charge in [0.25, 0.3) is 0 Å². The molecule has 0 bridgehead atoms. The van der Waals surface area contributed by atoms with Crippen LogP contribution in [0.5, 0.6) is 0 Å². The fourth-order valence-electron chi connectivity index (χ4n) is 0.881. The van der Waals surface area contributed by atoms with Gasteiger partial charge < -0.3 is 5.73 Å². The van der Waals surface area contributed by atoms with Crippen molar-refractivity contribution >= 4 is 17.7 Å². The van der Waals surface area contributed by atoms with E-state index >= 15 is 0 Å². The molecule has 13 heavy (non-hydrogen) atoms. The molecular weight excluding hydrogens is 196 g/mol. The molecule has 0 radical (unpaired) electrons. The summed E-state index contributed by atoms with van der Waals surface area (Å²) in [5.74, 6) is -1.40. The summed E-state index contributed by atoms with van der Waals surface area (Å²) in [6, 6.07) is 2.29. The van der Waals surface area contributed by atoms with Crippen LogP contribution in [0.4, 0.5) is 8.78 Å². The second kappa shape index (κ2) is 4.35. The van der Waals surface area contributed by atoms with Gasteiger partial charge in [0.05, 0.1) is 5.02 Å². The molecule has 0 unspecified atom stereocenters. The average Bonchev–Trinajstić information content (AvgIpc) is 2.12. The van der Waals surface area contributed by atoms with E-state index in [-0.39, 0.29) is 17.1 Å². The molecule has 4 heteroatoms. The van der Waals surface area contributed by atoms with Crippen molar-refractivity contribution in [3.05, 3.63) is 40.4 Å². The Balaban J connectivity index is 3.17. The van der Waals surface area contributed by atoms with Gasteiger partial charge in [-0.05, 0) is 12.1 Å². The Morgan fingerprint density at radius 1 is 1.38 bits per heavy atom. The molecule has 0 amide bonds. The molecule has 1 nitrogen and oxygen atoms in total. The topological polar surface area (TPSA) is 26.0 Å². The van der Waals surface area contributed by atoms with Crippen LogP contribution in [-0.2, 0) is 0 Å². The maximum atomic E-state index is 13.1. The minimum atomic E-state index is -0.758.